The molecular weight excluding hydrogens is 349 g/mol. The average Bonchev–Trinajstić information content (AvgIpc) is 2.58. The van der Waals surface area contributed by atoms with Gasteiger partial charge in [-0.1, -0.05) is 11.6 Å². The first kappa shape index (κ1) is 17.0. The fourth-order valence-corrected chi connectivity index (χ4v) is 2.39. The molecule has 25 heavy (non-hydrogen) atoms. The number of aromatic hydroxyl groups is 1. The minimum atomic E-state index is -0.695. The first-order valence-electron chi connectivity index (χ1n) is 7.41. The molecule has 0 radical (unpaired) electrons. The average molecular weight is 362 g/mol. The molecule has 0 spiro atoms. The lowest BCUT2D eigenvalue weighted by Crippen LogP contribution is -2.07. The van der Waals surface area contributed by atoms with Crippen molar-refractivity contribution in [2.75, 3.05) is 6.61 Å². The monoisotopic (exact) mass is 361 g/mol. The largest absolute Gasteiger partial charge is 0.505 e. The SMILES string of the molecule is CCOC(=O)c1ncc2cc(Oc3ccc(Cl)c(F)c3)ccc2c1O. The van der Waals surface area contributed by atoms with Crippen LogP contribution < -0.4 is 4.74 Å². The number of pyridine rings is 1. The number of aromatic nitrogens is 1. The van der Waals surface area contributed by atoms with Crippen LogP contribution in [0.15, 0.2) is 42.6 Å². The van der Waals surface area contributed by atoms with E-state index in [9.17, 15) is 14.3 Å². The van der Waals surface area contributed by atoms with Crippen molar-refractivity contribution in [3.63, 3.8) is 0 Å². The van der Waals surface area contributed by atoms with Crippen molar-refractivity contribution in [1.82, 2.24) is 4.98 Å². The van der Waals surface area contributed by atoms with E-state index >= 15 is 0 Å². The molecule has 1 N–H and O–H groups in total. The molecule has 0 atom stereocenters. The Balaban J connectivity index is 1.93. The van der Waals surface area contributed by atoms with Crippen LogP contribution in [0.4, 0.5) is 4.39 Å². The summed E-state index contributed by atoms with van der Waals surface area (Å²) >= 11 is 5.64. The zero-order chi connectivity index (χ0) is 18.0. The number of rotatable bonds is 4. The lowest BCUT2D eigenvalue weighted by Gasteiger charge is -2.09. The molecule has 0 bridgehead atoms. The van der Waals surface area contributed by atoms with Crippen molar-refractivity contribution >= 4 is 28.3 Å². The van der Waals surface area contributed by atoms with Gasteiger partial charge >= 0.3 is 5.97 Å². The van der Waals surface area contributed by atoms with Gasteiger partial charge in [-0.25, -0.2) is 14.2 Å². The Hall–Kier alpha value is -2.86. The molecule has 1 aromatic heterocycles. The van der Waals surface area contributed by atoms with Gasteiger partial charge in [0.05, 0.1) is 11.6 Å². The van der Waals surface area contributed by atoms with Gasteiger partial charge in [0.15, 0.2) is 11.4 Å². The topological polar surface area (TPSA) is 68.7 Å². The number of carbonyl (C=O) groups excluding carboxylic acids is 1. The summed E-state index contributed by atoms with van der Waals surface area (Å²) in [5, 5.41) is 11.2. The number of ether oxygens (including phenoxy) is 2. The van der Waals surface area contributed by atoms with Crippen molar-refractivity contribution in [3.8, 4) is 17.2 Å². The van der Waals surface area contributed by atoms with Crippen LogP contribution in [0.5, 0.6) is 17.2 Å². The first-order chi connectivity index (χ1) is 12.0. The molecule has 0 aliphatic heterocycles. The molecule has 2 aromatic carbocycles. The molecule has 5 nitrogen and oxygen atoms in total. The Morgan fingerprint density at radius 3 is 2.68 bits per heavy atom. The summed E-state index contributed by atoms with van der Waals surface area (Å²) in [5.74, 6) is -0.849. The standard InChI is InChI=1S/C18H13ClFNO4/c1-2-24-18(23)16-17(22)13-5-3-11(7-10(13)9-21-16)25-12-4-6-14(19)15(20)8-12/h3-9,22H,2H2,1H3. The van der Waals surface area contributed by atoms with E-state index in [-0.39, 0.29) is 28.8 Å². The van der Waals surface area contributed by atoms with Crippen LogP contribution in [0, 0.1) is 5.82 Å². The summed E-state index contributed by atoms with van der Waals surface area (Å²) in [4.78, 5) is 15.7. The Labute approximate surface area is 147 Å². The predicted molar refractivity (Wildman–Crippen MR) is 90.8 cm³/mol. The maximum atomic E-state index is 13.5. The zero-order valence-corrected chi connectivity index (χ0v) is 13.9. The number of hydrogen-bond acceptors (Lipinski definition) is 5. The van der Waals surface area contributed by atoms with Crippen molar-refractivity contribution < 1.29 is 23.8 Å². The van der Waals surface area contributed by atoms with Gasteiger partial charge in [0.25, 0.3) is 0 Å². The van der Waals surface area contributed by atoms with Crippen molar-refractivity contribution in [1.29, 1.82) is 0 Å². The first-order valence-corrected chi connectivity index (χ1v) is 7.79. The van der Waals surface area contributed by atoms with Gasteiger partial charge in [0, 0.05) is 23.0 Å². The molecule has 0 saturated carbocycles. The number of fused-ring (bicyclic) bond motifs is 1. The zero-order valence-electron chi connectivity index (χ0n) is 13.1. The molecule has 0 aliphatic carbocycles. The summed E-state index contributed by atoms with van der Waals surface area (Å²) in [6.45, 7) is 1.85. The summed E-state index contributed by atoms with van der Waals surface area (Å²) in [6.07, 6.45) is 1.43. The van der Waals surface area contributed by atoms with E-state index in [1.165, 1.54) is 24.4 Å². The highest BCUT2D eigenvalue weighted by Crippen LogP contribution is 2.32. The molecule has 0 saturated heterocycles. The highest BCUT2D eigenvalue weighted by atomic mass is 35.5. The van der Waals surface area contributed by atoms with E-state index in [1.54, 1.807) is 25.1 Å². The maximum absolute atomic E-state index is 13.5. The fourth-order valence-electron chi connectivity index (χ4n) is 2.27. The molecular formula is C18H13ClFNO4. The van der Waals surface area contributed by atoms with E-state index < -0.39 is 11.8 Å². The fraction of sp³-hybridized carbons (Fsp3) is 0.111. The second-order valence-electron chi connectivity index (χ2n) is 5.10. The second-order valence-corrected chi connectivity index (χ2v) is 5.51. The lowest BCUT2D eigenvalue weighted by molar-refractivity contribution is 0.0516. The van der Waals surface area contributed by atoms with E-state index in [0.717, 1.165) is 0 Å². The van der Waals surface area contributed by atoms with Crippen molar-refractivity contribution in [2.45, 2.75) is 6.92 Å². The Morgan fingerprint density at radius 1 is 1.24 bits per heavy atom. The van der Waals surface area contributed by atoms with Crippen LogP contribution >= 0.6 is 11.6 Å². The van der Waals surface area contributed by atoms with Crippen LogP contribution in [-0.4, -0.2) is 22.7 Å². The molecule has 0 amide bonds. The third-order valence-corrected chi connectivity index (χ3v) is 3.74. The number of nitrogens with zero attached hydrogens (tertiary/aromatic N) is 1. The summed E-state index contributed by atoms with van der Waals surface area (Å²) in [5.41, 5.74) is -0.150. The third-order valence-electron chi connectivity index (χ3n) is 3.43. The van der Waals surface area contributed by atoms with Crippen LogP contribution in [-0.2, 0) is 4.74 Å². The Bertz CT molecular complexity index is 961. The number of halogens is 2. The minimum Gasteiger partial charge on any atom is -0.505 e. The quantitative estimate of drug-likeness (QED) is 0.682. The normalized spacial score (nSPS) is 10.7. The highest BCUT2D eigenvalue weighted by Gasteiger charge is 2.17. The Kier molecular flexibility index (Phi) is 4.72. The van der Waals surface area contributed by atoms with Gasteiger partial charge in [-0.3, -0.25) is 0 Å². The molecule has 7 heteroatoms. The van der Waals surface area contributed by atoms with Crippen LogP contribution in [0.3, 0.4) is 0 Å². The molecule has 0 aliphatic rings. The maximum Gasteiger partial charge on any atom is 0.360 e. The van der Waals surface area contributed by atoms with E-state index in [0.29, 0.717) is 16.5 Å². The molecule has 0 unspecified atom stereocenters. The number of benzene rings is 2. The van der Waals surface area contributed by atoms with Crippen LogP contribution in [0.25, 0.3) is 10.8 Å². The van der Waals surface area contributed by atoms with Crippen molar-refractivity contribution in [3.05, 3.63) is 59.1 Å². The van der Waals surface area contributed by atoms with Crippen LogP contribution in [0.1, 0.15) is 17.4 Å². The van der Waals surface area contributed by atoms with E-state index in [4.69, 9.17) is 21.1 Å². The Morgan fingerprint density at radius 2 is 1.96 bits per heavy atom. The summed E-state index contributed by atoms with van der Waals surface area (Å²) < 4.78 is 23.9. The molecule has 3 aromatic rings. The van der Waals surface area contributed by atoms with Gasteiger partial charge in [0.2, 0.25) is 0 Å². The lowest BCUT2D eigenvalue weighted by atomic mass is 10.1. The van der Waals surface area contributed by atoms with E-state index in [1.807, 2.05) is 0 Å². The smallest absolute Gasteiger partial charge is 0.360 e. The molecule has 1 heterocycles. The number of hydrogen-bond donors (Lipinski definition) is 1. The van der Waals surface area contributed by atoms with Crippen LogP contribution in [0.2, 0.25) is 5.02 Å². The molecule has 0 fully saturated rings. The number of carbonyl (C=O) groups is 1. The summed E-state index contributed by atoms with van der Waals surface area (Å²) in [6, 6.07) is 8.89. The van der Waals surface area contributed by atoms with Gasteiger partial charge in [0.1, 0.15) is 17.3 Å². The summed E-state index contributed by atoms with van der Waals surface area (Å²) in [7, 11) is 0. The minimum absolute atomic E-state index is 0.00600. The van der Waals surface area contributed by atoms with Gasteiger partial charge < -0.3 is 14.6 Å². The number of esters is 1. The second kappa shape index (κ2) is 6.94. The van der Waals surface area contributed by atoms with Gasteiger partial charge in [-0.2, -0.15) is 0 Å². The molecule has 128 valence electrons. The third kappa shape index (κ3) is 3.49. The predicted octanol–water partition coefficient (Wildman–Crippen LogP) is 4.70. The van der Waals surface area contributed by atoms with E-state index in [2.05, 4.69) is 4.98 Å². The highest BCUT2D eigenvalue weighted by molar-refractivity contribution is 6.30. The molecule has 3 rings (SSSR count). The van der Waals surface area contributed by atoms with Gasteiger partial charge in [-0.15, -0.1) is 0 Å². The van der Waals surface area contributed by atoms with Gasteiger partial charge in [-0.05, 0) is 37.3 Å². The van der Waals surface area contributed by atoms with Crippen molar-refractivity contribution in [2.24, 2.45) is 0 Å².